The van der Waals surface area contributed by atoms with E-state index in [2.05, 4.69) is 16.1 Å². The van der Waals surface area contributed by atoms with Crippen LogP contribution in [0.25, 0.3) is 4.72 Å². The van der Waals surface area contributed by atoms with Crippen LogP contribution in [0, 0.1) is 0 Å². The monoisotopic (exact) mass is 480 g/mol. The average Bonchev–Trinajstić information content (AvgIpc) is 3.49. The van der Waals surface area contributed by atoms with Crippen molar-refractivity contribution in [1.29, 1.82) is 0 Å². The van der Waals surface area contributed by atoms with E-state index in [9.17, 15) is 13.2 Å². The van der Waals surface area contributed by atoms with Gasteiger partial charge in [-0.1, -0.05) is 6.07 Å². The maximum Gasteiger partial charge on any atom is 1.00 e. The third kappa shape index (κ3) is 4.98. The number of aryl methyl sites for hydroxylation is 3. The van der Waals surface area contributed by atoms with E-state index in [1.807, 2.05) is 7.05 Å². The van der Waals surface area contributed by atoms with Crippen LogP contribution in [0.15, 0.2) is 24.5 Å². The second-order valence-electron chi connectivity index (χ2n) is 8.91. The molecule has 2 aromatic rings. The molecule has 172 valence electrons. The zero-order valence-corrected chi connectivity index (χ0v) is 22.2. The van der Waals surface area contributed by atoms with Gasteiger partial charge in [0.1, 0.15) is 0 Å². The molecule has 1 aromatic heterocycles. The molecule has 0 saturated carbocycles. The van der Waals surface area contributed by atoms with Gasteiger partial charge < -0.3 is 19.3 Å². The summed E-state index contributed by atoms with van der Waals surface area (Å²) in [7, 11) is -2.40. The minimum absolute atomic E-state index is 0. The van der Waals surface area contributed by atoms with Crippen LogP contribution in [-0.4, -0.2) is 38.3 Å². The number of carbonyl (C=O) groups excluding carboxylic acids is 1. The number of hydrogen-bond acceptors (Lipinski definition) is 4. The second kappa shape index (κ2) is 10.00. The third-order valence-electron chi connectivity index (χ3n) is 6.75. The summed E-state index contributed by atoms with van der Waals surface area (Å²) in [6.45, 7) is 0.968. The topological polar surface area (TPSA) is 94.7 Å². The van der Waals surface area contributed by atoms with Crippen molar-refractivity contribution in [3.8, 4) is 0 Å². The number of aromatic nitrogens is 1. The smallest absolute Gasteiger partial charge is 0.423 e. The number of ether oxygens (including phenoxy) is 1. The van der Waals surface area contributed by atoms with Crippen molar-refractivity contribution in [1.82, 2.24) is 4.57 Å². The predicted octanol–water partition coefficient (Wildman–Crippen LogP) is 0.843. The summed E-state index contributed by atoms with van der Waals surface area (Å²) < 4.78 is 38.9. The number of nitrogens with zero attached hydrogens (tertiary/aromatic N) is 3. The van der Waals surface area contributed by atoms with Crippen LogP contribution in [0.3, 0.4) is 0 Å². The molecule has 1 fully saturated rings. The summed E-state index contributed by atoms with van der Waals surface area (Å²) in [6, 6.07) is 2.89. The number of urea groups is 1. The summed E-state index contributed by atoms with van der Waals surface area (Å²) in [5.41, 5.74) is 6.16. The van der Waals surface area contributed by atoms with Gasteiger partial charge in [-0.25, -0.2) is 8.42 Å². The summed E-state index contributed by atoms with van der Waals surface area (Å²) in [5, 5.41) is 2.87. The van der Waals surface area contributed by atoms with Gasteiger partial charge >= 0.3 is 29.6 Å². The minimum atomic E-state index is -4.23. The molecule has 1 aromatic carbocycles. The molecule has 0 atom stereocenters. The van der Waals surface area contributed by atoms with E-state index in [0.717, 1.165) is 55.3 Å². The van der Waals surface area contributed by atoms with Crippen LogP contribution in [-0.2, 0) is 47.7 Å². The fourth-order valence-electron chi connectivity index (χ4n) is 5.32. The first kappa shape index (κ1) is 24.6. The molecule has 0 bridgehead atoms. The Hall–Kier alpha value is -1.52. The molecule has 1 N–H and O–H groups in total. The van der Waals surface area contributed by atoms with E-state index in [1.54, 1.807) is 23.0 Å². The first-order valence-corrected chi connectivity index (χ1v) is 12.8. The Kier molecular flexibility index (Phi) is 7.45. The Morgan fingerprint density at radius 2 is 1.76 bits per heavy atom. The van der Waals surface area contributed by atoms with Crippen molar-refractivity contribution in [3.63, 3.8) is 0 Å². The van der Waals surface area contributed by atoms with Crippen molar-refractivity contribution in [2.24, 2.45) is 7.05 Å². The van der Waals surface area contributed by atoms with Crippen molar-refractivity contribution in [2.45, 2.75) is 57.4 Å². The fraction of sp³-hybridized carbons (Fsp3) is 0.522. The van der Waals surface area contributed by atoms with Gasteiger partial charge in [0.25, 0.3) is 10.2 Å². The van der Waals surface area contributed by atoms with Crippen molar-refractivity contribution in [2.75, 3.05) is 22.8 Å². The first-order chi connectivity index (χ1) is 15.4. The predicted molar refractivity (Wildman–Crippen MR) is 124 cm³/mol. The second-order valence-corrected chi connectivity index (χ2v) is 10.4. The standard InChI is InChI=1S/C23H30N4O4S.Na/c1-26-11-8-19(15-26)27(18-9-12-31-13-10-18)32(29,30)25-23(28)24-22-20-6-2-4-16(20)14-17-5-3-7-21(17)22;/h8,11,14-15,18H,2-7,9-10,12-13H2,1H3,(H2,24,25,28);/q;+1/p-1. The average molecular weight is 481 g/mol. The number of rotatable bonds is 5. The summed E-state index contributed by atoms with van der Waals surface area (Å²) in [6.07, 6.45) is 10.6. The minimum Gasteiger partial charge on any atom is -0.423 e. The van der Waals surface area contributed by atoms with Gasteiger partial charge in [-0.05, 0) is 85.4 Å². The first-order valence-electron chi connectivity index (χ1n) is 11.4. The quantitative estimate of drug-likeness (QED) is 0.642. The molecule has 3 aliphatic rings. The number of hydrogen-bond donors (Lipinski definition) is 1. The Morgan fingerprint density at radius 3 is 2.33 bits per heavy atom. The number of amides is 2. The van der Waals surface area contributed by atoms with Gasteiger partial charge in [-0.3, -0.25) is 9.10 Å². The number of anilines is 2. The van der Waals surface area contributed by atoms with E-state index in [1.165, 1.54) is 15.4 Å². The molecule has 2 heterocycles. The molecule has 2 amide bonds. The van der Waals surface area contributed by atoms with Gasteiger partial charge in [-0.15, -0.1) is 0 Å². The van der Waals surface area contributed by atoms with Gasteiger partial charge in [0.2, 0.25) is 0 Å². The van der Waals surface area contributed by atoms with Crippen LogP contribution in [0.2, 0.25) is 0 Å². The summed E-state index contributed by atoms with van der Waals surface area (Å²) in [5.74, 6) is 0. The Bertz CT molecular complexity index is 1110. The third-order valence-corrected chi connectivity index (χ3v) is 8.15. The molecule has 2 aliphatic carbocycles. The van der Waals surface area contributed by atoms with Crippen molar-refractivity contribution >= 4 is 27.6 Å². The maximum absolute atomic E-state index is 13.4. The Morgan fingerprint density at radius 1 is 1.12 bits per heavy atom. The van der Waals surface area contributed by atoms with Gasteiger partial charge in [-0.2, -0.15) is 0 Å². The van der Waals surface area contributed by atoms with Crippen LogP contribution in [0.4, 0.5) is 16.2 Å². The summed E-state index contributed by atoms with van der Waals surface area (Å²) in [4.78, 5) is 12.9. The van der Waals surface area contributed by atoms with Crippen LogP contribution in [0.1, 0.15) is 47.9 Å². The van der Waals surface area contributed by atoms with Crippen LogP contribution in [0.5, 0.6) is 0 Å². The molecule has 0 spiro atoms. The molecule has 0 radical (unpaired) electrons. The molecule has 33 heavy (non-hydrogen) atoms. The van der Waals surface area contributed by atoms with E-state index >= 15 is 0 Å². The van der Waals surface area contributed by atoms with Gasteiger partial charge in [0.15, 0.2) is 6.03 Å². The summed E-state index contributed by atoms with van der Waals surface area (Å²) >= 11 is 0. The SMILES string of the molecule is Cn1ccc(N(C2CCOCC2)S(=O)(=O)[N-]C(=O)Nc2c3c(cc4c2CCC4)CCC3)c1.[Na+]. The molecule has 0 unspecified atom stereocenters. The fourth-order valence-corrected chi connectivity index (χ4v) is 6.62. The van der Waals surface area contributed by atoms with Crippen LogP contribution >= 0.6 is 0 Å². The number of nitrogens with one attached hydrogen (secondary N) is 1. The molecular weight excluding hydrogens is 451 g/mol. The Balaban J connectivity index is 0.00000259. The normalized spacial score (nSPS) is 17.7. The molecule has 1 saturated heterocycles. The molecule has 1 aliphatic heterocycles. The number of carbonyl (C=O) groups is 1. The number of benzene rings is 1. The Labute approximate surface area is 217 Å². The van der Waals surface area contributed by atoms with Gasteiger partial charge in [0.05, 0.1) is 5.69 Å². The molecular formula is C23H29N4NaO4S. The van der Waals surface area contributed by atoms with E-state index in [0.29, 0.717) is 31.7 Å². The number of fused-ring (bicyclic) bond motifs is 2. The van der Waals surface area contributed by atoms with Crippen molar-refractivity contribution in [3.05, 3.63) is 51.5 Å². The van der Waals surface area contributed by atoms with Crippen LogP contribution < -0.4 is 39.2 Å². The zero-order chi connectivity index (χ0) is 22.3. The van der Waals surface area contributed by atoms with Crippen molar-refractivity contribution < 1.29 is 47.5 Å². The van der Waals surface area contributed by atoms with E-state index < -0.39 is 16.2 Å². The maximum atomic E-state index is 13.4. The zero-order valence-electron chi connectivity index (χ0n) is 19.3. The molecule has 5 rings (SSSR count). The molecule has 8 nitrogen and oxygen atoms in total. The van der Waals surface area contributed by atoms with Gasteiger partial charge in [0, 0.05) is 38.7 Å². The molecule has 10 heteroatoms. The van der Waals surface area contributed by atoms with E-state index in [4.69, 9.17) is 4.74 Å². The van der Waals surface area contributed by atoms with E-state index in [-0.39, 0.29) is 35.6 Å². The largest absolute Gasteiger partial charge is 1.00 e.